The van der Waals surface area contributed by atoms with Gasteiger partial charge in [0, 0.05) is 22.8 Å². The van der Waals surface area contributed by atoms with Crippen LogP contribution in [-0.2, 0) is 14.7 Å². The van der Waals surface area contributed by atoms with E-state index in [0.717, 1.165) is 5.69 Å². The lowest BCUT2D eigenvalue weighted by Crippen LogP contribution is -2.41. The summed E-state index contributed by atoms with van der Waals surface area (Å²) in [5, 5.41) is 0. The van der Waals surface area contributed by atoms with Crippen LogP contribution in [0.4, 0.5) is 4.39 Å². The Hall–Kier alpha value is -0.935. The van der Waals surface area contributed by atoms with Gasteiger partial charge in [0.2, 0.25) is 0 Å². The topological polar surface area (TPSA) is 31.4 Å². The van der Waals surface area contributed by atoms with Gasteiger partial charge in [0.05, 0.1) is 11.2 Å². The van der Waals surface area contributed by atoms with E-state index in [-0.39, 0.29) is 11.2 Å². The number of aromatic nitrogens is 1. The van der Waals surface area contributed by atoms with Crippen molar-refractivity contribution in [1.82, 2.24) is 4.98 Å². The molecule has 1 aliphatic rings. The predicted molar refractivity (Wildman–Crippen MR) is 78.6 cm³/mol. The van der Waals surface area contributed by atoms with Crippen molar-refractivity contribution >= 4 is 12.6 Å². The molecule has 1 aromatic heterocycles. The summed E-state index contributed by atoms with van der Waals surface area (Å²) in [6, 6.07) is 1.47. The molecule has 2 rings (SSSR count). The van der Waals surface area contributed by atoms with Gasteiger partial charge in [0.15, 0.2) is 0 Å². The second kappa shape index (κ2) is 4.53. The van der Waals surface area contributed by atoms with E-state index in [9.17, 15) is 4.39 Å². The monoisotopic (exact) mass is 279 g/mol. The second-order valence-electron chi connectivity index (χ2n) is 7.43. The molecule has 0 aliphatic carbocycles. The van der Waals surface area contributed by atoms with Gasteiger partial charge >= 0.3 is 7.12 Å². The summed E-state index contributed by atoms with van der Waals surface area (Å²) < 4.78 is 26.0. The van der Waals surface area contributed by atoms with Gasteiger partial charge < -0.3 is 9.31 Å². The third-order valence-corrected chi connectivity index (χ3v) is 4.16. The minimum atomic E-state index is -0.707. The minimum Gasteiger partial charge on any atom is -0.399 e. The molecular formula is C15H23BFNO2. The lowest BCUT2D eigenvalue weighted by Gasteiger charge is -2.32. The maximum atomic E-state index is 14.3. The molecule has 0 atom stereocenters. The fourth-order valence-electron chi connectivity index (χ4n) is 2.00. The zero-order chi connectivity index (χ0) is 15.3. The van der Waals surface area contributed by atoms with Crippen LogP contribution in [0.5, 0.6) is 0 Å². The maximum Gasteiger partial charge on any atom is 0.499 e. The van der Waals surface area contributed by atoms with E-state index in [2.05, 4.69) is 4.98 Å². The quantitative estimate of drug-likeness (QED) is 0.741. The highest BCUT2D eigenvalue weighted by Crippen LogP contribution is 2.36. The van der Waals surface area contributed by atoms with Gasteiger partial charge in [-0.1, -0.05) is 20.8 Å². The van der Waals surface area contributed by atoms with E-state index in [1.807, 2.05) is 48.5 Å². The van der Waals surface area contributed by atoms with E-state index < -0.39 is 18.3 Å². The summed E-state index contributed by atoms with van der Waals surface area (Å²) in [7, 11) is -0.707. The lowest BCUT2D eigenvalue weighted by atomic mass is 9.79. The van der Waals surface area contributed by atoms with Gasteiger partial charge in [-0.05, 0) is 33.8 Å². The average Bonchev–Trinajstić information content (AvgIpc) is 2.46. The van der Waals surface area contributed by atoms with Crippen molar-refractivity contribution in [2.24, 2.45) is 0 Å². The van der Waals surface area contributed by atoms with Crippen LogP contribution in [0, 0.1) is 5.82 Å². The van der Waals surface area contributed by atoms with Crippen molar-refractivity contribution < 1.29 is 13.7 Å². The van der Waals surface area contributed by atoms with E-state index in [1.54, 1.807) is 0 Å². The molecule has 20 heavy (non-hydrogen) atoms. The Labute approximate surface area is 121 Å². The molecule has 1 saturated heterocycles. The number of hydrogen-bond acceptors (Lipinski definition) is 3. The van der Waals surface area contributed by atoms with Crippen molar-refractivity contribution in [3.63, 3.8) is 0 Å². The van der Waals surface area contributed by atoms with Gasteiger partial charge in [-0.3, -0.25) is 4.98 Å². The predicted octanol–water partition coefficient (Wildman–Crippen LogP) is 2.82. The van der Waals surface area contributed by atoms with E-state index >= 15 is 0 Å². The van der Waals surface area contributed by atoms with Gasteiger partial charge in [0.1, 0.15) is 5.82 Å². The number of rotatable bonds is 1. The molecule has 110 valence electrons. The van der Waals surface area contributed by atoms with Crippen LogP contribution in [0.3, 0.4) is 0 Å². The fourth-order valence-corrected chi connectivity index (χ4v) is 2.00. The molecule has 0 spiro atoms. The van der Waals surface area contributed by atoms with Crippen LogP contribution in [0.25, 0.3) is 0 Å². The third-order valence-electron chi connectivity index (χ3n) is 4.16. The largest absolute Gasteiger partial charge is 0.499 e. The highest BCUT2D eigenvalue weighted by atomic mass is 19.1. The molecule has 0 aromatic carbocycles. The standard InChI is InChI=1S/C15H23BFNO2/c1-13(2,3)12-8-11(17)10(9-18-12)16-19-14(4,5)15(6,7)20-16/h8-9H,1-7H3. The Kier molecular flexibility index (Phi) is 3.50. The number of pyridine rings is 1. The molecule has 1 aliphatic heterocycles. The molecule has 0 radical (unpaired) electrons. The molecule has 0 unspecified atom stereocenters. The molecule has 3 nitrogen and oxygen atoms in total. The molecule has 0 amide bonds. The highest BCUT2D eigenvalue weighted by Gasteiger charge is 2.52. The molecule has 0 N–H and O–H groups in total. The van der Waals surface area contributed by atoms with E-state index in [1.165, 1.54) is 12.3 Å². The second-order valence-corrected chi connectivity index (χ2v) is 7.43. The normalized spacial score (nSPS) is 21.3. The summed E-state index contributed by atoms with van der Waals surface area (Å²) in [5.74, 6) is -0.330. The first-order valence-corrected chi connectivity index (χ1v) is 6.96. The minimum absolute atomic E-state index is 0.185. The third kappa shape index (κ3) is 2.61. The summed E-state index contributed by atoms with van der Waals surface area (Å²) in [6.45, 7) is 13.8. The first-order valence-electron chi connectivity index (χ1n) is 6.96. The highest BCUT2D eigenvalue weighted by molar-refractivity contribution is 6.62. The van der Waals surface area contributed by atoms with Crippen LogP contribution in [-0.4, -0.2) is 23.3 Å². The van der Waals surface area contributed by atoms with Gasteiger partial charge in [-0.2, -0.15) is 0 Å². The smallest absolute Gasteiger partial charge is 0.399 e. The number of halogens is 1. The molecule has 0 bridgehead atoms. The van der Waals surface area contributed by atoms with Crippen LogP contribution in [0.1, 0.15) is 54.2 Å². The Bertz CT molecular complexity index is 507. The SMILES string of the molecule is CC(C)(C)c1cc(F)c(B2OC(C)(C)C(C)(C)O2)cn1. The Morgan fingerprint density at radius 3 is 2.00 bits per heavy atom. The van der Waals surface area contributed by atoms with Crippen molar-refractivity contribution in [1.29, 1.82) is 0 Å². The molecule has 2 heterocycles. The summed E-state index contributed by atoms with van der Waals surface area (Å²) >= 11 is 0. The van der Waals surface area contributed by atoms with Crippen LogP contribution in [0.15, 0.2) is 12.3 Å². The van der Waals surface area contributed by atoms with Crippen molar-refractivity contribution in [2.45, 2.75) is 65.1 Å². The molecular weight excluding hydrogens is 256 g/mol. The van der Waals surface area contributed by atoms with Gasteiger partial charge in [-0.15, -0.1) is 0 Å². The maximum absolute atomic E-state index is 14.3. The molecule has 1 aromatic rings. The zero-order valence-corrected chi connectivity index (χ0v) is 13.4. The summed E-state index contributed by atoms with van der Waals surface area (Å²) in [4.78, 5) is 4.35. The summed E-state index contributed by atoms with van der Waals surface area (Å²) in [5.41, 5.74) is -0.0681. The van der Waals surface area contributed by atoms with E-state index in [0.29, 0.717) is 5.46 Å². The first kappa shape index (κ1) is 15.5. The Balaban J connectivity index is 2.33. The molecule has 1 fully saturated rings. The number of hydrogen-bond donors (Lipinski definition) is 0. The van der Waals surface area contributed by atoms with Gasteiger partial charge in [-0.25, -0.2) is 4.39 Å². The van der Waals surface area contributed by atoms with Crippen LogP contribution in [0.2, 0.25) is 0 Å². The van der Waals surface area contributed by atoms with E-state index in [4.69, 9.17) is 9.31 Å². The molecule has 0 saturated carbocycles. The van der Waals surface area contributed by atoms with Crippen molar-refractivity contribution in [2.75, 3.05) is 0 Å². The van der Waals surface area contributed by atoms with Crippen molar-refractivity contribution in [3.05, 3.63) is 23.8 Å². The van der Waals surface area contributed by atoms with Crippen LogP contribution < -0.4 is 5.46 Å². The Morgan fingerprint density at radius 2 is 1.60 bits per heavy atom. The molecule has 5 heteroatoms. The first-order chi connectivity index (χ1) is 8.94. The van der Waals surface area contributed by atoms with Crippen molar-refractivity contribution in [3.8, 4) is 0 Å². The fraction of sp³-hybridized carbons (Fsp3) is 0.667. The number of nitrogens with zero attached hydrogens (tertiary/aromatic N) is 1. The Morgan fingerprint density at radius 1 is 1.10 bits per heavy atom. The van der Waals surface area contributed by atoms with Gasteiger partial charge in [0.25, 0.3) is 0 Å². The summed E-state index contributed by atoms with van der Waals surface area (Å²) in [6.07, 6.45) is 1.53. The lowest BCUT2D eigenvalue weighted by molar-refractivity contribution is 0.00578. The van der Waals surface area contributed by atoms with Crippen LogP contribution >= 0.6 is 0 Å². The average molecular weight is 279 g/mol. The zero-order valence-electron chi connectivity index (χ0n) is 13.4.